The molecule has 0 aliphatic heterocycles. The highest BCUT2D eigenvalue weighted by Crippen LogP contribution is 1.74. The number of rotatable bonds is 2. The van der Waals surface area contributed by atoms with Crippen molar-refractivity contribution in [3.8, 4) is 0 Å². The Bertz CT molecular complexity index is 116. The second-order valence-electron chi connectivity index (χ2n) is 1.16. The summed E-state index contributed by atoms with van der Waals surface area (Å²) in [4.78, 5) is 9.53. The van der Waals surface area contributed by atoms with Crippen LogP contribution in [0.3, 0.4) is 0 Å². The molecule has 0 amide bonds. The molecule has 0 saturated carbocycles. The van der Waals surface area contributed by atoms with Gasteiger partial charge in [-0.25, -0.2) is 0 Å². The van der Waals surface area contributed by atoms with Crippen molar-refractivity contribution in [2.45, 2.75) is 6.42 Å². The molecule has 0 aliphatic carbocycles. The van der Waals surface area contributed by atoms with Gasteiger partial charge in [-0.3, -0.25) is 4.79 Å². The summed E-state index contributed by atoms with van der Waals surface area (Å²) in [6.07, 6.45) is 2.17. The summed E-state index contributed by atoms with van der Waals surface area (Å²) in [5, 5.41) is 15.4. The Morgan fingerprint density at radius 1 is 1.70 bits per heavy atom. The molecule has 58 valence electrons. The van der Waals surface area contributed by atoms with Gasteiger partial charge in [0.2, 0.25) is 0 Å². The highest BCUT2D eigenvalue weighted by molar-refractivity contribution is 6.25. The number of aliphatic hydroxyl groups is 1. The van der Waals surface area contributed by atoms with Crippen LogP contribution < -0.4 is 0 Å². The van der Waals surface area contributed by atoms with Crippen LogP contribution in [-0.2, 0) is 4.79 Å². The summed E-state index contributed by atoms with van der Waals surface area (Å²) in [6.45, 7) is 3.22. The van der Waals surface area contributed by atoms with Crippen molar-refractivity contribution in [1.29, 1.82) is 0 Å². The highest BCUT2D eigenvalue weighted by atomic mass is 35.5. The van der Waals surface area contributed by atoms with Crippen molar-refractivity contribution in [2.75, 3.05) is 0 Å². The maximum atomic E-state index is 9.53. The van der Waals surface area contributed by atoms with E-state index in [1.165, 1.54) is 6.08 Å². The SMILES string of the molecule is C=CCC(=O)O.OC=CCl. The van der Waals surface area contributed by atoms with Gasteiger partial charge in [0.15, 0.2) is 0 Å². The van der Waals surface area contributed by atoms with Gasteiger partial charge in [-0.15, -0.1) is 6.58 Å². The standard InChI is InChI=1S/C4H6O2.C2H3ClO/c1-2-3-4(5)6;3-1-2-4/h2H,1,3H2,(H,5,6);1-2,4H. The molecule has 0 aliphatic rings. The maximum absolute atomic E-state index is 9.53. The molecule has 0 heterocycles. The lowest BCUT2D eigenvalue weighted by molar-refractivity contribution is -0.135. The zero-order valence-corrected chi connectivity index (χ0v) is 6.08. The first-order chi connectivity index (χ1) is 4.68. The van der Waals surface area contributed by atoms with Crippen molar-refractivity contribution in [2.24, 2.45) is 0 Å². The van der Waals surface area contributed by atoms with Gasteiger partial charge in [-0.2, -0.15) is 0 Å². The minimum atomic E-state index is -0.829. The van der Waals surface area contributed by atoms with Crippen molar-refractivity contribution < 1.29 is 15.0 Å². The lowest BCUT2D eigenvalue weighted by Crippen LogP contribution is -1.88. The van der Waals surface area contributed by atoms with Crippen LogP contribution >= 0.6 is 11.6 Å². The molecule has 3 nitrogen and oxygen atoms in total. The predicted octanol–water partition coefficient (Wildman–Crippen LogP) is 1.90. The molecule has 0 radical (unpaired) electrons. The molecule has 0 bridgehead atoms. The van der Waals surface area contributed by atoms with Crippen LogP contribution in [0, 0.1) is 0 Å². The average molecular weight is 165 g/mol. The zero-order valence-electron chi connectivity index (χ0n) is 5.33. The van der Waals surface area contributed by atoms with Crippen LogP contribution in [-0.4, -0.2) is 16.2 Å². The fraction of sp³-hybridized carbons (Fsp3) is 0.167. The summed E-state index contributed by atoms with van der Waals surface area (Å²) >= 11 is 4.76. The van der Waals surface area contributed by atoms with Gasteiger partial charge in [0.1, 0.15) is 0 Å². The van der Waals surface area contributed by atoms with Crippen molar-refractivity contribution in [3.63, 3.8) is 0 Å². The molecule has 0 rings (SSSR count). The topological polar surface area (TPSA) is 57.5 Å². The van der Waals surface area contributed by atoms with Gasteiger partial charge < -0.3 is 10.2 Å². The third-order valence-corrected chi connectivity index (χ3v) is 0.488. The largest absolute Gasteiger partial charge is 0.515 e. The van der Waals surface area contributed by atoms with Crippen LogP contribution in [0.4, 0.5) is 0 Å². The van der Waals surface area contributed by atoms with Crippen LogP contribution in [0.1, 0.15) is 6.42 Å². The minimum Gasteiger partial charge on any atom is -0.515 e. The van der Waals surface area contributed by atoms with E-state index in [-0.39, 0.29) is 6.42 Å². The van der Waals surface area contributed by atoms with E-state index >= 15 is 0 Å². The number of hydrogen-bond acceptors (Lipinski definition) is 2. The quantitative estimate of drug-likeness (QED) is 0.484. The Labute approximate surface area is 64.2 Å². The molecule has 0 atom stereocenters. The summed E-state index contributed by atoms with van der Waals surface area (Å²) in [5.41, 5.74) is 1.03. The van der Waals surface area contributed by atoms with E-state index < -0.39 is 5.97 Å². The van der Waals surface area contributed by atoms with E-state index in [0.29, 0.717) is 0 Å². The van der Waals surface area contributed by atoms with Gasteiger partial charge in [-0.05, 0) is 0 Å². The van der Waals surface area contributed by atoms with Gasteiger partial charge in [-0.1, -0.05) is 17.7 Å². The smallest absolute Gasteiger partial charge is 0.307 e. The number of halogens is 1. The molecule has 0 aromatic carbocycles. The monoisotopic (exact) mass is 164 g/mol. The molecule has 0 aromatic rings. The first-order valence-corrected chi connectivity index (χ1v) is 2.84. The van der Waals surface area contributed by atoms with Crippen LogP contribution in [0.15, 0.2) is 24.5 Å². The normalized spacial score (nSPS) is 8.10. The lowest BCUT2D eigenvalue weighted by atomic mass is 10.4. The van der Waals surface area contributed by atoms with Gasteiger partial charge in [0, 0.05) is 5.54 Å². The van der Waals surface area contributed by atoms with Crippen molar-refractivity contribution in [3.05, 3.63) is 24.5 Å². The van der Waals surface area contributed by atoms with Crippen LogP contribution in [0.25, 0.3) is 0 Å². The summed E-state index contributed by atoms with van der Waals surface area (Å²) < 4.78 is 0. The second-order valence-corrected chi connectivity index (χ2v) is 1.41. The van der Waals surface area contributed by atoms with Gasteiger partial charge in [0.25, 0.3) is 0 Å². The fourth-order valence-corrected chi connectivity index (χ4v) is 0.123. The fourth-order valence-electron chi connectivity index (χ4n) is 0.123. The first kappa shape index (κ1) is 11.8. The average Bonchev–Trinajstić information content (AvgIpc) is 1.89. The molecule has 0 spiro atoms. The molecule has 0 unspecified atom stereocenters. The number of aliphatic carboxylic acids is 1. The van der Waals surface area contributed by atoms with E-state index in [4.69, 9.17) is 21.8 Å². The molecule has 2 N–H and O–H groups in total. The van der Waals surface area contributed by atoms with Gasteiger partial charge >= 0.3 is 5.97 Å². The third-order valence-electron chi connectivity index (χ3n) is 0.375. The van der Waals surface area contributed by atoms with Gasteiger partial charge in [0.05, 0.1) is 12.7 Å². The van der Waals surface area contributed by atoms with Crippen molar-refractivity contribution >= 4 is 17.6 Å². The first-order valence-electron chi connectivity index (χ1n) is 2.41. The summed E-state index contributed by atoms with van der Waals surface area (Å²) in [5.74, 6) is -0.829. The van der Waals surface area contributed by atoms with E-state index in [1.807, 2.05) is 0 Å². The van der Waals surface area contributed by atoms with Crippen LogP contribution in [0.5, 0.6) is 0 Å². The van der Waals surface area contributed by atoms with Crippen LogP contribution in [0.2, 0.25) is 0 Å². The van der Waals surface area contributed by atoms with Crippen molar-refractivity contribution in [1.82, 2.24) is 0 Å². The maximum Gasteiger partial charge on any atom is 0.307 e. The van der Waals surface area contributed by atoms with E-state index in [1.54, 1.807) is 0 Å². The molecule has 0 fully saturated rings. The number of hydrogen-bond donors (Lipinski definition) is 2. The third kappa shape index (κ3) is 27.8. The number of aliphatic hydroxyl groups excluding tert-OH is 1. The lowest BCUT2D eigenvalue weighted by Gasteiger charge is -1.75. The Balaban J connectivity index is 0. The zero-order chi connectivity index (χ0) is 8.41. The summed E-state index contributed by atoms with van der Waals surface area (Å²) in [6, 6.07) is 0. The van der Waals surface area contributed by atoms with E-state index in [2.05, 4.69) is 6.58 Å². The number of carboxylic acids is 1. The molecule has 4 heteroatoms. The van der Waals surface area contributed by atoms with E-state index in [9.17, 15) is 4.79 Å². The predicted molar refractivity (Wildman–Crippen MR) is 40.1 cm³/mol. The number of carboxylic acid groups (broad SMARTS) is 1. The number of carbonyl (C=O) groups is 1. The Kier molecular flexibility index (Phi) is 12.9. The Hall–Kier alpha value is -0.960. The molecular weight excluding hydrogens is 156 g/mol. The molecule has 0 saturated heterocycles. The molecule has 0 aromatic heterocycles. The molecular formula is C6H9ClO3. The second kappa shape index (κ2) is 10.9. The van der Waals surface area contributed by atoms with E-state index in [0.717, 1.165) is 11.8 Å². The molecule has 10 heavy (non-hydrogen) atoms. The Morgan fingerprint density at radius 3 is 2.10 bits per heavy atom. The summed E-state index contributed by atoms with van der Waals surface area (Å²) in [7, 11) is 0. The highest BCUT2D eigenvalue weighted by Gasteiger charge is 1.84. The minimum absolute atomic E-state index is 0.0556. The Morgan fingerprint density at radius 2 is 2.10 bits per heavy atom.